The molecule has 0 aliphatic rings. The lowest BCUT2D eigenvalue weighted by Gasteiger charge is -2.29. The molecule has 0 saturated carbocycles. The molecule has 1 atom stereocenters. The van der Waals surface area contributed by atoms with Gasteiger partial charge < -0.3 is 9.94 Å². The van der Waals surface area contributed by atoms with E-state index in [-0.39, 0.29) is 5.71 Å². The summed E-state index contributed by atoms with van der Waals surface area (Å²) in [4.78, 5) is 15.7. The lowest BCUT2D eigenvalue weighted by molar-refractivity contribution is -0.141. The van der Waals surface area contributed by atoms with Gasteiger partial charge in [-0.15, -0.1) is 0 Å². The van der Waals surface area contributed by atoms with E-state index in [1.807, 2.05) is 0 Å². The highest BCUT2D eigenvalue weighted by atomic mass is 35.5. The second-order valence-electron chi connectivity index (χ2n) is 4.99. The molecule has 6 heteroatoms. The van der Waals surface area contributed by atoms with E-state index in [9.17, 15) is 9.90 Å². The summed E-state index contributed by atoms with van der Waals surface area (Å²) in [5, 5.41) is 16.1. The van der Waals surface area contributed by atoms with Crippen LogP contribution < -0.4 is 0 Å². The lowest BCUT2D eigenvalue weighted by Crippen LogP contribution is -2.35. The Morgan fingerprint density at radius 3 is 2.26 bits per heavy atom. The summed E-state index contributed by atoms with van der Waals surface area (Å²) in [5.74, 6) is -0.575. The molecule has 4 nitrogen and oxygen atoms in total. The van der Waals surface area contributed by atoms with E-state index in [1.165, 1.54) is 6.92 Å². The first kappa shape index (κ1) is 17.5. The fourth-order valence-electron chi connectivity index (χ4n) is 2.19. The Hall–Kier alpha value is -1.88. The Morgan fingerprint density at radius 1 is 1.04 bits per heavy atom. The van der Waals surface area contributed by atoms with Crippen molar-refractivity contribution in [3.8, 4) is 0 Å². The molecule has 2 aromatic rings. The van der Waals surface area contributed by atoms with E-state index in [0.717, 1.165) is 0 Å². The van der Waals surface area contributed by atoms with Gasteiger partial charge in [-0.1, -0.05) is 52.6 Å². The normalized spacial score (nSPS) is 14.2. The number of rotatable bonds is 4. The number of benzene rings is 2. The summed E-state index contributed by atoms with van der Waals surface area (Å²) >= 11 is 12.0. The van der Waals surface area contributed by atoms with Crippen molar-refractivity contribution in [2.45, 2.75) is 19.4 Å². The maximum Gasteiger partial charge on any atom is 0.331 e. The first-order valence-corrected chi connectivity index (χ1v) is 7.56. The second-order valence-corrected chi connectivity index (χ2v) is 5.86. The number of oxime groups is 1. The first-order valence-electron chi connectivity index (χ1n) is 6.81. The quantitative estimate of drug-likeness (QED) is 0.510. The molecule has 0 aliphatic carbocycles. The van der Waals surface area contributed by atoms with E-state index in [0.29, 0.717) is 21.2 Å². The fourth-order valence-corrected chi connectivity index (χ4v) is 2.50. The summed E-state index contributed by atoms with van der Waals surface area (Å²) < 4.78 is 0. The van der Waals surface area contributed by atoms with Crippen LogP contribution >= 0.6 is 23.2 Å². The van der Waals surface area contributed by atoms with Crippen LogP contribution in [0, 0.1) is 0 Å². The third-order valence-corrected chi connectivity index (χ3v) is 3.83. The number of carbonyl (C=O) groups excluding carboxylic acids is 1. The van der Waals surface area contributed by atoms with Crippen LogP contribution in [0.3, 0.4) is 0 Å². The highest BCUT2D eigenvalue weighted by molar-refractivity contribution is 6.31. The van der Waals surface area contributed by atoms with Crippen LogP contribution in [0.15, 0.2) is 53.7 Å². The third kappa shape index (κ3) is 3.91. The van der Waals surface area contributed by atoms with Gasteiger partial charge >= 0.3 is 5.97 Å². The minimum absolute atomic E-state index is 0.192. The molecule has 0 aliphatic heterocycles. The minimum atomic E-state index is -1.61. The van der Waals surface area contributed by atoms with E-state index in [1.54, 1.807) is 55.5 Å². The number of nitrogens with zero attached hydrogens (tertiary/aromatic N) is 1. The van der Waals surface area contributed by atoms with E-state index in [2.05, 4.69) is 9.99 Å². The maximum absolute atomic E-state index is 11.3. The minimum Gasteiger partial charge on any atom is -0.375 e. The maximum atomic E-state index is 11.3. The second kappa shape index (κ2) is 7.13. The van der Waals surface area contributed by atoms with Crippen molar-refractivity contribution in [2.75, 3.05) is 0 Å². The first-order chi connectivity index (χ1) is 10.8. The third-order valence-electron chi connectivity index (χ3n) is 3.34. The van der Waals surface area contributed by atoms with E-state index in [4.69, 9.17) is 23.2 Å². The van der Waals surface area contributed by atoms with Gasteiger partial charge in [0.2, 0.25) is 0 Å². The lowest BCUT2D eigenvalue weighted by atomic mass is 9.83. The Bertz CT molecular complexity index is 744. The number of aliphatic hydroxyl groups is 1. The van der Waals surface area contributed by atoms with Crippen molar-refractivity contribution < 1.29 is 14.7 Å². The van der Waals surface area contributed by atoms with Crippen LogP contribution in [-0.2, 0) is 15.2 Å². The molecule has 2 rings (SSSR count). The molecule has 0 spiro atoms. The van der Waals surface area contributed by atoms with Crippen molar-refractivity contribution in [1.82, 2.24) is 0 Å². The zero-order chi connectivity index (χ0) is 17.0. The number of carbonyl (C=O) groups is 1. The van der Waals surface area contributed by atoms with Gasteiger partial charge in [-0.3, -0.25) is 0 Å². The van der Waals surface area contributed by atoms with Gasteiger partial charge in [-0.05, 0) is 42.3 Å². The SMILES string of the molecule is CC(=O)O/N=C(\C)C(O)(c1ccc(Cl)cc1)c1cccc(Cl)c1. The molecule has 1 unspecified atom stereocenters. The number of hydrogen-bond acceptors (Lipinski definition) is 4. The van der Waals surface area contributed by atoms with Crippen molar-refractivity contribution in [3.05, 3.63) is 69.7 Å². The molecule has 0 bridgehead atoms. The van der Waals surface area contributed by atoms with Crippen LogP contribution in [0.4, 0.5) is 0 Å². The molecule has 0 radical (unpaired) electrons. The molecular weight excluding hydrogens is 337 g/mol. The summed E-state index contributed by atoms with van der Waals surface area (Å²) in [6, 6.07) is 13.4. The molecule has 1 N–H and O–H groups in total. The molecule has 0 aromatic heterocycles. The summed E-state index contributed by atoms with van der Waals surface area (Å²) in [6.07, 6.45) is 0. The van der Waals surface area contributed by atoms with E-state index < -0.39 is 11.6 Å². The molecule has 0 amide bonds. The average Bonchev–Trinajstić information content (AvgIpc) is 2.52. The highest BCUT2D eigenvalue weighted by Gasteiger charge is 2.36. The molecule has 2 aromatic carbocycles. The van der Waals surface area contributed by atoms with Gasteiger partial charge in [0.15, 0.2) is 5.60 Å². The van der Waals surface area contributed by atoms with Crippen LogP contribution in [-0.4, -0.2) is 16.8 Å². The van der Waals surface area contributed by atoms with Gasteiger partial charge in [-0.2, -0.15) is 0 Å². The van der Waals surface area contributed by atoms with Crippen molar-refractivity contribution >= 4 is 34.9 Å². The molecule has 120 valence electrons. The summed E-state index contributed by atoms with van der Waals surface area (Å²) in [7, 11) is 0. The standard InChI is InChI=1S/C17H15Cl2NO3/c1-11(20-23-12(2)21)17(22,13-6-8-15(18)9-7-13)14-4-3-5-16(19)10-14/h3-10,22H,1-2H3/b20-11+. The number of halogens is 2. The number of hydrogen-bond donors (Lipinski definition) is 1. The topological polar surface area (TPSA) is 58.9 Å². The van der Waals surface area contributed by atoms with Crippen LogP contribution in [0.5, 0.6) is 0 Å². The Kier molecular flexibility index (Phi) is 5.42. The van der Waals surface area contributed by atoms with Gasteiger partial charge in [0.25, 0.3) is 0 Å². The Balaban J connectivity index is 2.61. The van der Waals surface area contributed by atoms with Crippen LogP contribution in [0.25, 0.3) is 0 Å². The van der Waals surface area contributed by atoms with Gasteiger partial charge in [0, 0.05) is 17.0 Å². The zero-order valence-electron chi connectivity index (χ0n) is 12.6. The molecule has 0 saturated heterocycles. The Labute approximate surface area is 144 Å². The average molecular weight is 352 g/mol. The molecular formula is C17H15Cl2NO3. The van der Waals surface area contributed by atoms with Gasteiger partial charge in [0.1, 0.15) is 0 Å². The molecule has 23 heavy (non-hydrogen) atoms. The van der Waals surface area contributed by atoms with Crippen molar-refractivity contribution in [2.24, 2.45) is 5.16 Å². The largest absolute Gasteiger partial charge is 0.375 e. The monoisotopic (exact) mass is 351 g/mol. The zero-order valence-corrected chi connectivity index (χ0v) is 14.1. The fraction of sp³-hybridized carbons (Fsp3) is 0.176. The van der Waals surface area contributed by atoms with E-state index >= 15 is 0 Å². The summed E-state index contributed by atoms with van der Waals surface area (Å²) in [6.45, 7) is 2.80. The van der Waals surface area contributed by atoms with Gasteiger partial charge in [-0.25, -0.2) is 4.79 Å². The molecule has 0 fully saturated rings. The Morgan fingerprint density at radius 2 is 1.70 bits per heavy atom. The predicted molar refractivity (Wildman–Crippen MR) is 90.8 cm³/mol. The summed E-state index contributed by atoms with van der Waals surface area (Å²) in [5.41, 5.74) is -0.388. The van der Waals surface area contributed by atoms with Gasteiger partial charge in [0.05, 0.1) is 5.71 Å². The predicted octanol–water partition coefficient (Wildman–Crippen LogP) is 4.17. The van der Waals surface area contributed by atoms with Crippen LogP contribution in [0.2, 0.25) is 10.0 Å². The van der Waals surface area contributed by atoms with Crippen molar-refractivity contribution in [3.63, 3.8) is 0 Å². The highest BCUT2D eigenvalue weighted by Crippen LogP contribution is 2.33. The van der Waals surface area contributed by atoms with Crippen LogP contribution in [0.1, 0.15) is 25.0 Å². The molecule has 0 heterocycles. The smallest absolute Gasteiger partial charge is 0.331 e. The van der Waals surface area contributed by atoms with Crippen molar-refractivity contribution in [1.29, 1.82) is 0 Å².